The van der Waals surface area contributed by atoms with Gasteiger partial charge in [-0.15, -0.1) is 0 Å². The first-order valence-electron chi connectivity index (χ1n) is 5.02. The monoisotopic (exact) mass is 211 g/mol. The highest BCUT2D eigenvalue weighted by Gasteiger charge is 2.00. The van der Waals surface area contributed by atoms with Crippen LogP contribution in [0.15, 0.2) is 16.9 Å². The molecule has 0 radical (unpaired) electrons. The van der Waals surface area contributed by atoms with Crippen molar-refractivity contribution in [3.8, 4) is 0 Å². The number of ether oxygens (including phenoxy) is 1. The van der Waals surface area contributed by atoms with E-state index in [2.05, 4.69) is 0 Å². The molecule has 4 heteroatoms. The first-order chi connectivity index (χ1) is 7.15. The van der Waals surface area contributed by atoms with Crippen LogP contribution in [0, 0.1) is 13.8 Å². The van der Waals surface area contributed by atoms with Crippen molar-refractivity contribution >= 4 is 0 Å². The lowest BCUT2D eigenvalue weighted by Gasteiger charge is -2.13. The zero-order valence-electron chi connectivity index (χ0n) is 9.19. The van der Waals surface area contributed by atoms with Crippen LogP contribution in [0.2, 0.25) is 0 Å². The summed E-state index contributed by atoms with van der Waals surface area (Å²) in [6.45, 7) is 5.46. The number of nitrogens with zero attached hydrogens (tertiary/aromatic N) is 1. The number of aryl methyl sites for hydroxylation is 2. The van der Waals surface area contributed by atoms with E-state index < -0.39 is 0 Å². The Morgan fingerprint density at radius 1 is 1.27 bits per heavy atom. The highest BCUT2D eigenvalue weighted by Crippen LogP contribution is 2.01. The van der Waals surface area contributed by atoms with Crippen LogP contribution < -0.4 is 5.43 Å². The zero-order chi connectivity index (χ0) is 11.3. The fraction of sp³-hybridized carbons (Fsp3) is 0.545. The highest BCUT2D eigenvalue weighted by atomic mass is 16.5. The Balaban J connectivity index is 2.64. The molecule has 0 fully saturated rings. The van der Waals surface area contributed by atoms with E-state index in [4.69, 9.17) is 9.84 Å². The molecular weight excluding hydrogens is 194 g/mol. The molecule has 0 saturated heterocycles. The van der Waals surface area contributed by atoms with Gasteiger partial charge in [0.15, 0.2) is 5.43 Å². The standard InChI is InChI=1S/C11H17NO3/c1-9-7-11(14)8-10(2)12(9)3-5-15-6-4-13/h7-8,13H,3-6H2,1-2H3. The van der Waals surface area contributed by atoms with Crippen molar-refractivity contribution in [1.29, 1.82) is 0 Å². The summed E-state index contributed by atoms with van der Waals surface area (Å²) in [4.78, 5) is 11.2. The molecule has 1 rings (SSSR count). The maximum absolute atomic E-state index is 11.2. The van der Waals surface area contributed by atoms with E-state index in [9.17, 15) is 4.79 Å². The summed E-state index contributed by atoms with van der Waals surface area (Å²) in [7, 11) is 0. The lowest BCUT2D eigenvalue weighted by Crippen LogP contribution is -2.16. The highest BCUT2D eigenvalue weighted by molar-refractivity contribution is 5.12. The Morgan fingerprint density at radius 2 is 1.87 bits per heavy atom. The fourth-order valence-electron chi connectivity index (χ4n) is 1.56. The lowest BCUT2D eigenvalue weighted by molar-refractivity contribution is 0.0864. The molecule has 1 aromatic heterocycles. The van der Waals surface area contributed by atoms with Crippen LogP contribution in [-0.2, 0) is 11.3 Å². The molecule has 0 aromatic carbocycles. The van der Waals surface area contributed by atoms with Gasteiger partial charge in [-0.2, -0.15) is 0 Å². The first kappa shape index (κ1) is 11.9. The summed E-state index contributed by atoms with van der Waals surface area (Å²) in [5.74, 6) is 0. The minimum absolute atomic E-state index is 0.0394. The quantitative estimate of drug-likeness (QED) is 0.720. The average molecular weight is 211 g/mol. The van der Waals surface area contributed by atoms with E-state index >= 15 is 0 Å². The molecular formula is C11H17NO3. The number of hydrogen-bond donors (Lipinski definition) is 1. The number of aliphatic hydroxyl groups excluding tert-OH is 1. The molecule has 1 N–H and O–H groups in total. The van der Waals surface area contributed by atoms with Crippen molar-refractivity contribution in [1.82, 2.24) is 4.57 Å². The summed E-state index contributed by atoms with van der Waals surface area (Å²) in [5.41, 5.74) is 1.91. The molecule has 0 spiro atoms. The minimum Gasteiger partial charge on any atom is -0.394 e. The second-order valence-corrected chi connectivity index (χ2v) is 3.46. The maximum Gasteiger partial charge on any atom is 0.182 e. The average Bonchev–Trinajstić information content (AvgIpc) is 2.15. The van der Waals surface area contributed by atoms with E-state index in [1.165, 1.54) is 0 Å². The van der Waals surface area contributed by atoms with Crippen LogP contribution in [-0.4, -0.2) is 29.5 Å². The number of aromatic nitrogens is 1. The van der Waals surface area contributed by atoms with Crippen LogP contribution in [0.5, 0.6) is 0 Å². The van der Waals surface area contributed by atoms with Crippen molar-refractivity contribution in [3.05, 3.63) is 33.7 Å². The predicted molar refractivity (Wildman–Crippen MR) is 58.1 cm³/mol. The van der Waals surface area contributed by atoms with Gasteiger partial charge >= 0.3 is 0 Å². The van der Waals surface area contributed by atoms with E-state index in [-0.39, 0.29) is 12.0 Å². The third-order valence-corrected chi connectivity index (χ3v) is 2.25. The number of pyridine rings is 1. The van der Waals surface area contributed by atoms with Gasteiger partial charge in [0.2, 0.25) is 0 Å². The Bertz CT molecular complexity index is 344. The SMILES string of the molecule is Cc1cc(=O)cc(C)n1CCOCCO. The molecule has 15 heavy (non-hydrogen) atoms. The topological polar surface area (TPSA) is 51.5 Å². The molecule has 0 saturated carbocycles. The van der Waals surface area contributed by atoms with Gasteiger partial charge in [0.1, 0.15) is 0 Å². The predicted octanol–water partition coefficient (Wildman–Crippen LogP) is 0.474. The molecule has 1 aromatic rings. The number of rotatable bonds is 5. The van der Waals surface area contributed by atoms with Gasteiger partial charge in [0, 0.05) is 30.1 Å². The van der Waals surface area contributed by atoms with Gasteiger partial charge < -0.3 is 14.4 Å². The molecule has 0 aliphatic carbocycles. The Hall–Kier alpha value is -1.13. The fourth-order valence-corrected chi connectivity index (χ4v) is 1.56. The summed E-state index contributed by atoms with van der Waals surface area (Å²) < 4.78 is 7.20. The van der Waals surface area contributed by atoms with E-state index in [1.807, 2.05) is 18.4 Å². The summed E-state index contributed by atoms with van der Waals surface area (Å²) >= 11 is 0. The molecule has 1 heterocycles. The minimum atomic E-state index is 0.0394. The third kappa shape index (κ3) is 3.49. The Labute approximate surface area is 89.1 Å². The van der Waals surface area contributed by atoms with E-state index in [1.54, 1.807) is 12.1 Å². The van der Waals surface area contributed by atoms with Gasteiger partial charge in [-0.25, -0.2) is 0 Å². The van der Waals surface area contributed by atoms with Crippen molar-refractivity contribution in [2.75, 3.05) is 19.8 Å². The van der Waals surface area contributed by atoms with Crippen molar-refractivity contribution in [3.63, 3.8) is 0 Å². The summed E-state index contributed by atoms with van der Waals surface area (Å²) in [6, 6.07) is 3.22. The second kappa shape index (κ2) is 5.68. The van der Waals surface area contributed by atoms with Gasteiger partial charge in [0.25, 0.3) is 0 Å². The third-order valence-electron chi connectivity index (χ3n) is 2.25. The molecule has 0 aliphatic rings. The van der Waals surface area contributed by atoms with Crippen LogP contribution in [0.3, 0.4) is 0 Å². The van der Waals surface area contributed by atoms with Gasteiger partial charge in [-0.3, -0.25) is 4.79 Å². The summed E-state index contributed by atoms with van der Waals surface area (Å²) in [6.07, 6.45) is 0. The van der Waals surface area contributed by atoms with Crippen molar-refractivity contribution in [2.45, 2.75) is 20.4 Å². The molecule has 0 unspecified atom stereocenters. The van der Waals surface area contributed by atoms with Crippen LogP contribution in [0.4, 0.5) is 0 Å². The first-order valence-corrected chi connectivity index (χ1v) is 5.02. The smallest absolute Gasteiger partial charge is 0.182 e. The zero-order valence-corrected chi connectivity index (χ0v) is 9.19. The van der Waals surface area contributed by atoms with Crippen LogP contribution in [0.1, 0.15) is 11.4 Å². The van der Waals surface area contributed by atoms with Crippen LogP contribution >= 0.6 is 0 Å². The largest absolute Gasteiger partial charge is 0.394 e. The van der Waals surface area contributed by atoms with Crippen molar-refractivity contribution < 1.29 is 9.84 Å². The van der Waals surface area contributed by atoms with E-state index in [0.29, 0.717) is 19.8 Å². The van der Waals surface area contributed by atoms with Gasteiger partial charge in [0.05, 0.1) is 19.8 Å². The second-order valence-electron chi connectivity index (χ2n) is 3.46. The molecule has 0 atom stereocenters. The maximum atomic E-state index is 11.2. The number of hydrogen-bond acceptors (Lipinski definition) is 3. The van der Waals surface area contributed by atoms with Gasteiger partial charge in [-0.1, -0.05) is 0 Å². The Kier molecular flexibility index (Phi) is 4.52. The van der Waals surface area contributed by atoms with E-state index in [0.717, 1.165) is 11.4 Å². The normalized spacial score (nSPS) is 10.6. The van der Waals surface area contributed by atoms with Crippen LogP contribution in [0.25, 0.3) is 0 Å². The van der Waals surface area contributed by atoms with Gasteiger partial charge in [-0.05, 0) is 13.8 Å². The summed E-state index contributed by atoms with van der Waals surface area (Å²) in [5, 5.41) is 8.54. The molecule has 0 bridgehead atoms. The molecule has 4 nitrogen and oxygen atoms in total. The van der Waals surface area contributed by atoms with Crippen molar-refractivity contribution in [2.24, 2.45) is 0 Å². The number of aliphatic hydroxyl groups is 1. The lowest BCUT2D eigenvalue weighted by atomic mass is 10.3. The molecule has 0 aliphatic heterocycles. The molecule has 0 amide bonds. The Morgan fingerprint density at radius 3 is 2.40 bits per heavy atom. The molecule has 84 valence electrons.